The quantitative estimate of drug-likeness (QED) is 0.0264. The topological polar surface area (TPSA) is 134 Å². The van der Waals surface area contributed by atoms with Crippen molar-refractivity contribution in [2.45, 2.75) is 354 Å². The third kappa shape index (κ3) is 75.3. The number of hydrogen-bond donors (Lipinski definition) is 2. The SMILES string of the molecule is CC/C=C\C/C=C\C/C=C\C/C=C\C/C=C\C/C=C\C/C=C\C/C=C\CCCCCCCCCCCCCCCCC(=O)OC(COC(=O)CCCCCCCCCCCCCCCCCCCCC/C=C\C/C=C\CCCCCCC)COP(=O)(O)OCCN. The number of esters is 2. The van der Waals surface area contributed by atoms with E-state index in [1.165, 1.54) is 218 Å². The minimum atomic E-state index is -4.40. The molecule has 2 unspecified atom stereocenters. The summed E-state index contributed by atoms with van der Waals surface area (Å²) in [5, 5.41) is 0. The first-order valence-corrected chi connectivity index (χ1v) is 39.5. The molecule has 0 saturated carbocycles. The van der Waals surface area contributed by atoms with Gasteiger partial charge >= 0.3 is 19.8 Å². The van der Waals surface area contributed by atoms with Gasteiger partial charge in [0, 0.05) is 19.4 Å². The maximum atomic E-state index is 12.8. The van der Waals surface area contributed by atoms with Crippen LogP contribution in [0.2, 0.25) is 0 Å². The number of phosphoric ester groups is 1. The van der Waals surface area contributed by atoms with Crippen molar-refractivity contribution in [3.63, 3.8) is 0 Å². The van der Waals surface area contributed by atoms with E-state index in [1.807, 2.05) is 0 Å². The summed E-state index contributed by atoms with van der Waals surface area (Å²) in [4.78, 5) is 35.4. The van der Waals surface area contributed by atoms with Gasteiger partial charge in [0.1, 0.15) is 6.61 Å². The van der Waals surface area contributed by atoms with E-state index >= 15 is 0 Å². The molecule has 0 amide bonds. The van der Waals surface area contributed by atoms with Crippen LogP contribution in [0.4, 0.5) is 0 Å². The molecule has 0 aromatic heterocycles. The minimum Gasteiger partial charge on any atom is -0.462 e. The van der Waals surface area contributed by atoms with Crippen molar-refractivity contribution in [1.82, 2.24) is 0 Å². The third-order valence-corrected chi connectivity index (χ3v) is 17.3. The second-order valence-corrected chi connectivity index (χ2v) is 26.6. The number of unbranched alkanes of at least 4 members (excludes halogenated alkanes) is 38. The van der Waals surface area contributed by atoms with Gasteiger partial charge in [0.2, 0.25) is 0 Å². The second-order valence-electron chi connectivity index (χ2n) is 25.1. The summed E-state index contributed by atoms with van der Waals surface area (Å²) < 4.78 is 33.2. The summed E-state index contributed by atoms with van der Waals surface area (Å²) in [6, 6.07) is 0. The van der Waals surface area contributed by atoms with Crippen molar-refractivity contribution < 1.29 is 37.6 Å². The van der Waals surface area contributed by atoms with Crippen molar-refractivity contribution in [3.05, 3.63) is 122 Å². The molecule has 0 rings (SSSR count). The van der Waals surface area contributed by atoms with Crippen LogP contribution in [0.15, 0.2) is 122 Å². The summed E-state index contributed by atoms with van der Waals surface area (Å²) in [5.74, 6) is -0.818. The number of phosphoric acid groups is 1. The molecule has 0 heterocycles. The first-order chi connectivity index (χ1) is 44.8. The van der Waals surface area contributed by atoms with Crippen LogP contribution in [-0.2, 0) is 32.7 Å². The summed E-state index contributed by atoms with van der Waals surface area (Å²) in [7, 11) is -4.40. The van der Waals surface area contributed by atoms with Gasteiger partial charge < -0.3 is 20.1 Å². The zero-order valence-electron chi connectivity index (χ0n) is 59.1. The molecule has 0 aliphatic carbocycles. The lowest BCUT2D eigenvalue weighted by molar-refractivity contribution is -0.161. The molecule has 0 spiro atoms. The number of ether oxygens (including phenoxy) is 2. The van der Waals surface area contributed by atoms with Crippen LogP contribution < -0.4 is 5.73 Å². The standard InChI is InChI=1S/C81H142NO8P/c1-3-5-7-9-11-13-15-17-19-21-23-25-27-29-31-33-35-36-37-38-39-40-41-42-44-46-48-50-52-54-56-58-60-62-64-66-68-70-72-74-81(84)90-79(78-89-91(85,86)88-76-75-82)77-87-80(83)73-71-69-67-65-63-61-59-57-55-53-51-49-47-45-43-34-32-30-28-26-24-22-20-18-16-14-12-10-8-6-4-2/h5,7,11,13,16-19,22-25,29,31,35-36,38-39,41-42,79H,3-4,6,8-10,12,14-15,20-21,26-28,30,32-34,37,40,43-78,82H2,1-2H3,(H,85,86)/b7-5-,13-11-,18-16-,19-17-,24-22-,25-23-,31-29-,36-35-,39-38-,42-41-. The normalized spacial score (nSPS) is 13.6. The van der Waals surface area contributed by atoms with E-state index in [1.54, 1.807) is 0 Å². The molecule has 524 valence electrons. The van der Waals surface area contributed by atoms with Gasteiger partial charge in [-0.25, -0.2) is 4.57 Å². The molecule has 10 heteroatoms. The Hall–Kier alpha value is -3.59. The molecule has 0 fully saturated rings. The van der Waals surface area contributed by atoms with E-state index in [2.05, 4.69) is 135 Å². The predicted octanol–water partition coefficient (Wildman–Crippen LogP) is 25.4. The van der Waals surface area contributed by atoms with E-state index in [0.29, 0.717) is 6.42 Å². The molecule has 0 aliphatic rings. The van der Waals surface area contributed by atoms with Crippen molar-refractivity contribution in [2.75, 3.05) is 26.4 Å². The molecule has 0 bridgehead atoms. The van der Waals surface area contributed by atoms with Crippen LogP contribution in [0.5, 0.6) is 0 Å². The van der Waals surface area contributed by atoms with Gasteiger partial charge in [-0.2, -0.15) is 0 Å². The Bertz CT molecular complexity index is 1910. The largest absolute Gasteiger partial charge is 0.472 e. The lowest BCUT2D eigenvalue weighted by atomic mass is 10.0. The monoisotopic (exact) mass is 1290 g/mol. The molecule has 0 aromatic rings. The Morgan fingerprint density at radius 1 is 0.341 bits per heavy atom. The van der Waals surface area contributed by atoms with Crippen LogP contribution in [0, 0.1) is 0 Å². The average molecular weight is 1290 g/mol. The smallest absolute Gasteiger partial charge is 0.462 e. The van der Waals surface area contributed by atoms with E-state index in [-0.39, 0.29) is 38.6 Å². The zero-order valence-corrected chi connectivity index (χ0v) is 59.9. The number of rotatable bonds is 71. The Kier molecular flexibility index (Phi) is 72.5. The van der Waals surface area contributed by atoms with Gasteiger partial charge in [-0.1, -0.05) is 347 Å². The van der Waals surface area contributed by atoms with Gasteiger partial charge in [0.15, 0.2) is 6.10 Å². The first kappa shape index (κ1) is 87.4. The van der Waals surface area contributed by atoms with Crippen LogP contribution in [0.3, 0.4) is 0 Å². The summed E-state index contributed by atoms with van der Waals surface area (Å²) in [5.41, 5.74) is 5.41. The Morgan fingerprint density at radius 2 is 0.604 bits per heavy atom. The van der Waals surface area contributed by atoms with Crippen molar-refractivity contribution in [1.29, 1.82) is 0 Å². The highest BCUT2D eigenvalue weighted by Gasteiger charge is 2.26. The Labute approximate surface area is 561 Å². The average Bonchev–Trinajstić information content (AvgIpc) is 3.71. The van der Waals surface area contributed by atoms with Crippen LogP contribution in [0.25, 0.3) is 0 Å². The second kappa shape index (κ2) is 75.4. The fourth-order valence-corrected chi connectivity index (χ4v) is 11.5. The molecular weight excluding hydrogens is 1150 g/mol. The summed E-state index contributed by atoms with van der Waals surface area (Å²) in [6.07, 6.45) is 106. The highest BCUT2D eigenvalue weighted by atomic mass is 31.2. The van der Waals surface area contributed by atoms with Crippen molar-refractivity contribution in [2.24, 2.45) is 5.73 Å². The molecular formula is C81H142NO8P. The van der Waals surface area contributed by atoms with Crippen LogP contribution >= 0.6 is 7.82 Å². The molecule has 0 radical (unpaired) electrons. The molecule has 0 aliphatic heterocycles. The lowest BCUT2D eigenvalue weighted by Gasteiger charge is -2.19. The first-order valence-electron chi connectivity index (χ1n) is 38.0. The maximum absolute atomic E-state index is 12.8. The highest BCUT2D eigenvalue weighted by molar-refractivity contribution is 7.47. The van der Waals surface area contributed by atoms with Gasteiger partial charge in [0.25, 0.3) is 0 Å². The van der Waals surface area contributed by atoms with Gasteiger partial charge in [-0.15, -0.1) is 0 Å². The highest BCUT2D eigenvalue weighted by Crippen LogP contribution is 2.43. The van der Waals surface area contributed by atoms with Crippen LogP contribution in [-0.4, -0.2) is 49.3 Å². The molecule has 0 saturated heterocycles. The fraction of sp³-hybridized carbons (Fsp3) is 0.728. The maximum Gasteiger partial charge on any atom is 0.472 e. The number of allylic oxidation sites excluding steroid dienone is 20. The Morgan fingerprint density at radius 3 is 0.901 bits per heavy atom. The summed E-state index contributed by atoms with van der Waals surface area (Å²) in [6.45, 7) is 3.66. The van der Waals surface area contributed by atoms with Crippen molar-refractivity contribution in [3.8, 4) is 0 Å². The van der Waals surface area contributed by atoms with Gasteiger partial charge in [-0.05, 0) is 109 Å². The van der Waals surface area contributed by atoms with Gasteiger partial charge in [-0.3, -0.25) is 18.6 Å². The summed E-state index contributed by atoms with van der Waals surface area (Å²) >= 11 is 0. The van der Waals surface area contributed by atoms with Crippen LogP contribution in [0.1, 0.15) is 348 Å². The van der Waals surface area contributed by atoms with E-state index < -0.39 is 26.5 Å². The molecule has 9 nitrogen and oxygen atoms in total. The molecule has 2 atom stereocenters. The van der Waals surface area contributed by atoms with E-state index in [9.17, 15) is 19.0 Å². The van der Waals surface area contributed by atoms with Crippen molar-refractivity contribution >= 4 is 19.8 Å². The zero-order chi connectivity index (χ0) is 65.8. The fourth-order valence-electron chi connectivity index (χ4n) is 10.7. The van der Waals surface area contributed by atoms with E-state index in [4.69, 9.17) is 24.3 Å². The predicted molar refractivity (Wildman–Crippen MR) is 394 cm³/mol. The van der Waals surface area contributed by atoms with Gasteiger partial charge in [0.05, 0.1) is 13.2 Å². The minimum absolute atomic E-state index is 0.0507. The molecule has 0 aromatic carbocycles. The number of carbonyl (C=O) groups is 2. The molecule has 91 heavy (non-hydrogen) atoms. The number of nitrogens with two attached hydrogens (primary N) is 1. The number of carbonyl (C=O) groups excluding carboxylic acids is 2. The number of hydrogen-bond acceptors (Lipinski definition) is 8. The van der Waals surface area contributed by atoms with E-state index in [0.717, 1.165) is 96.3 Å². The Balaban J connectivity index is 3.85. The lowest BCUT2D eigenvalue weighted by Crippen LogP contribution is -2.29. The third-order valence-electron chi connectivity index (χ3n) is 16.3. The molecule has 3 N–H and O–H groups in total.